The quantitative estimate of drug-likeness (QED) is 0.766. The van der Waals surface area contributed by atoms with E-state index in [2.05, 4.69) is 20.8 Å². The van der Waals surface area contributed by atoms with Gasteiger partial charge in [-0.1, -0.05) is 20.8 Å². The molecular formula is C24H34O5. The molecule has 0 aromatic heterocycles. The maximum atomic E-state index is 13.6. The second kappa shape index (κ2) is 7.02. The number of fused-ring (bicyclic) bond motifs is 5. The molecular weight excluding hydrogens is 368 g/mol. The summed E-state index contributed by atoms with van der Waals surface area (Å²) in [7, 11) is 0. The molecule has 160 valence electrons. The SMILES string of the molecule is CC(CCC(=O)O)[C@H]1CC[C@H]2C3C(=O)CC4CC(=O)CCC4(C)[C@H]3CC(=O)C12C. The maximum Gasteiger partial charge on any atom is 0.303 e. The molecule has 1 N–H and O–H groups in total. The van der Waals surface area contributed by atoms with Crippen LogP contribution < -0.4 is 0 Å². The number of hydrogen-bond acceptors (Lipinski definition) is 4. The number of Topliss-reactive ketones (excluding diaryl/α,β-unsaturated/α-hetero) is 3. The Kier molecular flexibility index (Phi) is 5.02. The van der Waals surface area contributed by atoms with Crippen molar-refractivity contribution in [3.63, 3.8) is 0 Å². The minimum atomic E-state index is -0.792. The summed E-state index contributed by atoms with van der Waals surface area (Å²) in [5, 5.41) is 9.06. The summed E-state index contributed by atoms with van der Waals surface area (Å²) >= 11 is 0. The van der Waals surface area contributed by atoms with Crippen LogP contribution in [0.3, 0.4) is 0 Å². The van der Waals surface area contributed by atoms with Gasteiger partial charge in [0.05, 0.1) is 0 Å². The number of rotatable bonds is 4. The first-order valence-electron chi connectivity index (χ1n) is 11.4. The van der Waals surface area contributed by atoms with Gasteiger partial charge in [0.2, 0.25) is 0 Å². The van der Waals surface area contributed by atoms with Gasteiger partial charge in [-0.25, -0.2) is 0 Å². The molecule has 5 heteroatoms. The van der Waals surface area contributed by atoms with E-state index in [1.54, 1.807) is 0 Å². The van der Waals surface area contributed by atoms with Gasteiger partial charge in [0, 0.05) is 43.4 Å². The Labute approximate surface area is 173 Å². The number of carboxylic acids is 1. The van der Waals surface area contributed by atoms with Crippen molar-refractivity contribution in [2.75, 3.05) is 0 Å². The normalized spacial score (nSPS) is 45.3. The zero-order valence-electron chi connectivity index (χ0n) is 17.9. The lowest BCUT2D eigenvalue weighted by Crippen LogP contribution is -2.60. The van der Waals surface area contributed by atoms with Crippen molar-refractivity contribution in [3.05, 3.63) is 0 Å². The summed E-state index contributed by atoms with van der Waals surface area (Å²) in [6.07, 6.45) is 5.33. The first kappa shape index (κ1) is 20.7. The molecule has 29 heavy (non-hydrogen) atoms. The highest BCUT2D eigenvalue weighted by atomic mass is 16.4. The van der Waals surface area contributed by atoms with E-state index in [4.69, 9.17) is 5.11 Å². The van der Waals surface area contributed by atoms with Crippen molar-refractivity contribution in [1.82, 2.24) is 0 Å². The van der Waals surface area contributed by atoms with Crippen molar-refractivity contribution in [2.45, 2.75) is 78.6 Å². The largest absolute Gasteiger partial charge is 0.481 e. The zero-order valence-corrected chi connectivity index (χ0v) is 17.9. The molecule has 0 radical (unpaired) electrons. The van der Waals surface area contributed by atoms with Crippen LogP contribution in [0.5, 0.6) is 0 Å². The molecule has 4 aliphatic carbocycles. The van der Waals surface area contributed by atoms with E-state index in [0.717, 1.165) is 19.3 Å². The Bertz CT molecular complexity index is 756. The molecule has 5 nitrogen and oxygen atoms in total. The lowest BCUT2D eigenvalue weighted by atomic mass is 9.44. The fraction of sp³-hybridized carbons (Fsp3) is 0.833. The molecule has 0 spiro atoms. The van der Waals surface area contributed by atoms with Crippen molar-refractivity contribution < 1.29 is 24.3 Å². The molecule has 4 aliphatic rings. The van der Waals surface area contributed by atoms with Crippen LogP contribution in [0.2, 0.25) is 0 Å². The lowest BCUT2D eigenvalue weighted by Gasteiger charge is -2.58. The Balaban J connectivity index is 1.63. The highest BCUT2D eigenvalue weighted by Gasteiger charge is 2.66. The molecule has 0 aromatic rings. The van der Waals surface area contributed by atoms with Crippen molar-refractivity contribution in [2.24, 2.45) is 46.3 Å². The van der Waals surface area contributed by atoms with Gasteiger partial charge < -0.3 is 5.11 Å². The Morgan fingerprint density at radius 1 is 1.10 bits per heavy atom. The second-order valence-electron chi connectivity index (χ2n) is 10.9. The van der Waals surface area contributed by atoms with E-state index in [0.29, 0.717) is 32.1 Å². The predicted molar refractivity (Wildman–Crippen MR) is 107 cm³/mol. The van der Waals surface area contributed by atoms with Gasteiger partial charge in [0.15, 0.2) is 0 Å². The highest BCUT2D eigenvalue weighted by molar-refractivity contribution is 5.93. The predicted octanol–water partition coefficient (Wildman–Crippen LogP) is 4.07. The van der Waals surface area contributed by atoms with Gasteiger partial charge in [-0.05, 0) is 60.7 Å². The molecule has 0 saturated heterocycles. The summed E-state index contributed by atoms with van der Waals surface area (Å²) < 4.78 is 0. The van der Waals surface area contributed by atoms with Gasteiger partial charge in [-0.3, -0.25) is 19.2 Å². The number of hydrogen-bond donors (Lipinski definition) is 1. The minimum Gasteiger partial charge on any atom is -0.481 e. The monoisotopic (exact) mass is 402 g/mol. The lowest BCUT2D eigenvalue weighted by molar-refractivity contribution is -0.166. The van der Waals surface area contributed by atoms with Gasteiger partial charge in [0.1, 0.15) is 17.3 Å². The number of aliphatic carboxylic acids is 1. The highest BCUT2D eigenvalue weighted by Crippen LogP contribution is 2.66. The van der Waals surface area contributed by atoms with Gasteiger partial charge in [0.25, 0.3) is 0 Å². The second-order valence-corrected chi connectivity index (χ2v) is 10.9. The molecule has 4 saturated carbocycles. The van der Waals surface area contributed by atoms with Crippen LogP contribution in [0.25, 0.3) is 0 Å². The average molecular weight is 403 g/mol. The van der Waals surface area contributed by atoms with Crippen LogP contribution in [-0.2, 0) is 19.2 Å². The third-order valence-corrected chi connectivity index (χ3v) is 9.72. The third-order valence-electron chi connectivity index (χ3n) is 9.72. The van der Waals surface area contributed by atoms with Gasteiger partial charge in [-0.15, -0.1) is 0 Å². The van der Waals surface area contributed by atoms with Crippen LogP contribution in [0.15, 0.2) is 0 Å². The van der Waals surface area contributed by atoms with E-state index < -0.39 is 11.4 Å². The fourth-order valence-corrected chi connectivity index (χ4v) is 7.94. The average Bonchev–Trinajstić information content (AvgIpc) is 3.01. The maximum absolute atomic E-state index is 13.6. The standard InChI is InChI=1S/C24H34O5/c1-13(4-7-21(28)29)16-5-6-17-22-18(12-20(27)24(16,17)3)23(2)9-8-15(25)10-14(23)11-19(22)26/h13-14,16-18,22H,4-12H2,1-3H3,(H,28,29)/t13?,14?,16-,17+,18+,22?,23?,24?/m1/s1. The Morgan fingerprint density at radius 3 is 2.52 bits per heavy atom. The molecule has 5 unspecified atom stereocenters. The summed E-state index contributed by atoms with van der Waals surface area (Å²) in [6, 6.07) is 0. The molecule has 4 rings (SSSR count). The van der Waals surface area contributed by atoms with Gasteiger partial charge in [-0.2, -0.15) is 0 Å². The van der Waals surface area contributed by atoms with Crippen molar-refractivity contribution in [3.8, 4) is 0 Å². The van der Waals surface area contributed by atoms with E-state index in [9.17, 15) is 19.2 Å². The minimum absolute atomic E-state index is 0.0659. The molecule has 8 atom stereocenters. The van der Waals surface area contributed by atoms with Gasteiger partial charge >= 0.3 is 5.97 Å². The zero-order chi connectivity index (χ0) is 21.1. The van der Waals surface area contributed by atoms with E-state index in [1.165, 1.54) is 0 Å². The topological polar surface area (TPSA) is 88.5 Å². The summed E-state index contributed by atoms with van der Waals surface area (Å²) in [6.45, 7) is 6.37. The van der Waals surface area contributed by atoms with E-state index >= 15 is 0 Å². The molecule has 0 aromatic carbocycles. The Hall–Kier alpha value is -1.52. The number of ketones is 3. The molecule has 0 aliphatic heterocycles. The summed E-state index contributed by atoms with van der Waals surface area (Å²) in [4.78, 5) is 50.0. The number of carboxylic acid groups (broad SMARTS) is 1. The van der Waals surface area contributed by atoms with E-state index in [1.807, 2.05) is 0 Å². The van der Waals surface area contributed by atoms with Crippen LogP contribution in [-0.4, -0.2) is 28.4 Å². The smallest absolute Gasteiger partial charge is 0.303 e. The van der Waals surface area contributed by atoms with Crippen LogP contribution in [0.4, 0.5) is 0 Å². The first-order chi connectivity index (χ1) is 13.6. The third kappa shape index (κ3) is 3.02. The van der Waals surface area contributed by atoms with E-state index in [-0.39, 0.29) is 64.7 Å². The number of carbonyl (C=O) groups is 4. The number of carbonyl (C=O) groups excluding carboxylic acids is 3. The molecule has 4 fully saturated rings. The van der Waals surface area contributed by atoms with Crippen LogP contribution in [0.1, 0.15) is 78.6 Å². The molecule has 0 heterocycles. The summed E-state index contributed by atoms with van der Waals surface area (Å²) in [5.41, 5.74) is -0.598. The summed E-state index contributed by atoms with van der Waals surface area (Å²) in [5.74, 6) is 0.524. The first-order valence-corrected chi connectivity index (χ1v) is 11.4. The van der Waals surface area contributed by atoms with Crippen LogP contribution in [0, 0.1) is 46.3 Å². The van der Waals surface area contributed by atoms with Crippen molar-refractivity contribution >= 4 is 23.3 Å². The Morgan fingerprint density at radius 2 is 1.83 bits per heavy atom. The molecule has 0 amide bonds. The fourth-order valence-electron chi connectivity index (χ4n) is 7.94. The van der Waals surface area contributed by atoms with Crippen molar-refractivity contribution in [1.29, 1.82) is 0 Å². The molecule has 0 bridgehead atoms. The van der Waals surface area contributed by atoms with Crippen LogP contribution >= 0.6 is 0 Å².